The number of benzene rings is 1. The summed E-state index contributed by atoms with van der Waals surface area (Å²) in [5.41, 5.74) is -3.89. The van der Waals surface area contributed by atoms with Gasteiger partial charge in [-0.25, -0.2) is 8.42 Å². The highest BCUT2D eigenvalue weighted by Crippen LogP contribution is 2.36. The zero-order valence-electron chi connectivity index (χ0n) is 17.4. The number of hydrogen-bond donors (Lipinski definition) is 2. The Morgan fingerprint density at radius 3 is 2.18 bits per heavy atom. The van der Waals surface area contributed by atoms with Crippen LogP contribution < -0.4 is 5.32 Å². The van der Waals surface area contributed by atoms with Crippen LogP contribution in [-0.4, -0.2) is 41.8 Å². The number of nitrogens with zero attached hydrogens (tertiary/aromatic N) is 1. The van der Waals surface area contributed by atoms with E-state index in [1.165, 1.54) is 0 Å². The van der Waals surface area contributed by atoms with Crippen molar-refractivity contribution in [3.63, 3.8) is 0 Å². The molecule has 34 heavy (non-hydrogen) atoms. The summed E-state index contributed by atoms with van der Waals surface area (Å²) in [7, 11) is -4.09. The summed E-state index contributed by atoms with van der Waals surface area (Å²) < 4.78 is 102. The highest BCUT2D eigenvalue weighted by atomic mass is 32.2. The number of alkyl halides is 6. The van der Waals surface area contributed by atoms with Gasteiger partial charge >= 0.3 is 12.4 Å². The van der Waals surface area contributed by atoms with Gasteiger partial charge in [0, 0.05) is 12.7 Å². The van der Waals surface area contributed by atoms with Crippen molar-refractivity contribution in [1.29, 1.82) is 0 Å². The van der Waals surface area contributed by atoms with Crippen molar-refractivity contribution in [2.24, 2.45) is 0 Å². The molecule has 0 saturated heterocycles. The van der Waals surface area contributed by atoms with E-state index in [1.54, 1.807) is 0 Å². The fourth-order valence-electron chi connectivity index (χ4n) is 3.69. The summed E-state index contributed by atoms with van der Waals surface area (Å²) in [5, 5.41) is 12.1. The number of carbonyl (C=O) groups excluding carboxylic acids is 1. The molecule has 1 aromatic carbocycles. The molecule has 1 fully saturated rings. The molecule has 0 aliphatic heterocycles. The van der Waals surface area contributed by atoms with E-state index >= 15 is 0 Å². The van der Waals surface area contributed by atoms with Crippen molar-refractivity contribution in [3.8, 4) is 0 Å². The maximum atomic E-state index is 12.9. The van der Waals surface area contributed by atoms with E-state index in [1.807, 2.05) is 0 Å². The van der Waals surface area contributed by atoms with Gasteiger partial charge in [0.2, 0.25) is 0 Å². The molecular weight excluding hydrogens is 490 g/mol. The van der Waals surface area contributed by atoms with Gasteiger partial charge in [-0.3, -0.25) is 9.78 Å². The van der Waals surface area contributed by atoms with E-state index in [-0.39, 0.29) is 37.9 Å². The summed E-state index contributed by atoms with van der Waals surface area (Å²) in [6.45, 7) is -0.301. The minimum Gasteiger partial charge on any atom is -0.388 e. The lowest BCUT2D eigenvalue weighted by Gasteiger charge is -2.35. The lowest BCUT2D eigenvalue weighted by atomic mass is 9.84. The van der Waals surface area contributed by atoms with E-state index < -0.39 is 55.0 Å². The largest absolute Gasteiger partial charge is 0.417 e. The van der Waals surface area contributed by atoms with Crippen molar-refractivity contribution in [2.75, 3.05) is 6.54 Å². The monoisotopic (exact) mass is 510 g/mol. The van der Waals surface area contributed by atoms with Crippen molar-refractivity contribution >= 4 is 15.7 Å². The van der Waals surface area contributed by atoms with Crippen LogP contribution >= 0.6 is 0 Å². The van der Waals surface area contributed by atoms with Crippen LogP contribution in [0, 0.1) is 0 Å². The van der Waals surface area contributed by atoms with Crippen LogP contribution in [0.3, 0.4) is 0 Å². The Hall–Kier alpha value is -2.67. The van der Waals surface area contributed by atoms with Gasteiger partial charge in [0.05, 0.1) is 26.9 Å². The van der Waals surface area contributed by atoms with Crippen LogP contribution in [0.1, 0.15) is 47.3 Å². The van der Waals surface area contributed by atoms with Crippen LogP contribution in [0.15, 0.2) is 47.5 Å². The Labute approximate surface area is 190 Å². The first-order chi connectivity index (χ1) is 15.6. The lowest BCUT2D eigenvalue weighted by molar-refractivity contribution is -0.138. The number of halogens is 6. The van der Waals surface area contributed by atoms with Gasteiger partial charge in [-0.05, 0) is 56.0 Å². The Kier molecular flexibility index (Phi) is 7.00. The van der Waals surface area contributed by atoms with Crippen LogP contribution in [0.2, 0.25) is 0 Å². The quantitative estimate of drug-likeness (QED) is 0.593. The maximum absolute atomic E-state index is 12.9. The van der Waals surface area contributed by atoms with Gasteiger partial charge in [0.1, 0.15) is 5.69 Å². The third-order valence-electron chi connectivity index (χ3n) is 5.69. The molecule has 1 aliphatic carbocycles. The SMILES string of the molecule is O=C(NC[C@]1(O)CC[C@@H](S(=O)(=O)c2cccc(C(F)(F)F)c2)CC1)c1ccc(C(F)(F)F)cn1. The highest BCUT2D eigenvalue weighted by Gasteiger charge is 2.40. The zero-order valence-corrected chi connectivity index (χ0v) is 18.3. The number of rotatable bonds is 5. The molecule has 0 spiro atoms. The molecule has 2 aromatic rings. The first-order valence-corrected chi connectivity index (χ1v) is 11.6. The predicted octanol–water partition coefficient (Wildman–Crippen LogP) is 4.00. The molecule has 186 valence electrons. The molecule has 1 saturated carbocycles. The number of pyridine rings is 1. The molecule has 1 amide bonds. The average molecular weight is 510 g/mol. The molecule has 2 N–H and O–H groups in total. The zero-order chi connectivity index (χ0) is 25.4. The van der Waals surface area contributed by atoms with Gasteiger partial charge in [0.25, 0.3) is 5.91 Å². The second-order valence-electron chi connectivity index (χ2n) is 8.11. The Balaban J connectivity index is 1.61. The molecule has 3 rings (SSSR count). The first kappa shape index (κ1) is 25.9. The Bertz CT molecular complexity index is 1140. The van der Waals surface area contributed by atoms with Crippen LogP contribution in [0.25, 0.3) is 0 Å². The minimum atomic E-state index is -4.70. The topological polar surface area (TPSA) is 96.4 Å². The van der Waals surface area contributed by atoms with Gasteiger partial charge in [-0.1, -0.05) is 6.07 Å². The van der Waals surface area contributed by atoms with Gasteiger partial charge in [-0.15, -0.1) is 0 Å². The average Bonchev–Trinajstić information content (AvgIpc) is 2.77. The standard InChI is InChI=1S/C21H20F6N2O4S/c22-20(23,24)13-2-1-3-16(10-13)34(32,33)15-6-8-19(31,9-7-15)12-29-18(30)17-5-4-14(11-28-17)21(25,26)27/h1-5,10-11,15,31H,6-9,12H2,(H,29,30)/t15-,19+. The van der Waals surface area contributed by atoms with E-state index in [0.29, 0.717) is 18.3 Å². The minimum absolute atomic E-state index is 0.0521. The molecule has 13 heteroatoms. The normalized spacial score (nSPS) is 21.8. The summed E-state index contributed by atoms with van der Waals surface area (Å²) in [6, 6.07) is 5.03. The highest BCUT2D eigenvalue weighted by molar-refractivity contribution is 7.92. The summed E-state index contributed by atoms with van der Waals surface area (Å²) in [4.78, 5) is 15.2. The van der Waals surface area contributed by atoms with E-state index in [9.17, 15) is 44.7 Å². The van der Waals surface area contributed by atoms with E-state index in [2.05, 4.69) is 10.3 Å². The van der Waals surface area contributed by atoms with Crippen molar-refractivity contribution in [1.82, 2.24) is 10.3 Å². The summed E-state index contributed by atoms with van der Waals surface area (Å²) in [5.74, 6) is -0.819. The number of nitrogens with one attached hydrogen (secondary N) is 1. The Morgan fingerprint density at radius 1 is 1.03 bits per heavy atom. The number of aliphatic hydroxyl groups is 1. The molecule has 1 aromatic heterocycles. The maximum Gasteiger partial charge on any atom is 0.417 e. The number of aromatic nitrogens is 1. The van der Waals surface area contributed by atoms with Crippen molar-refractivity contribution in [3.05, 3.63) is 59.4 Å². The third kappa shape index (κ3) is 5.87. The number of amides is 1. The van der Waals surface area contributed by atoms with Crippen LogP contribution in [0.5, 0.6) is 0 Å². The summed E-state index contributed by atoms with van der Waals surface area (Å²) >= 11 is 0. The van der Waals surface area contributed by atoms with E-state index in [4.69, 9.17) is 0 Å². The number of hydrogen-bond acceptors (Lipinski definition) is 5. The Morgan fingerprint density at radius 2 is 1.65 bits per heavy atom. The van der Waals surface area contributed by atoms with Crippen LogP contribution in [0.4, 0.5) is 26.3 Å². The smallest absolute Gasteiger partial charge is 0.388 e. The fourth-order valence-corrected chi connectivity index (χ4v) is 5.49. The first-order valence-electron chi connectivity index (χ1n) is 10.1. The molecule has 0 bridgehead atoms. The molecule has 0 radical (unpaired) electrons. The number of sulfone groups is 1. The van der Waals surface area contributed by atoms with Gasteiger partial charge in [-0.2, -0.15) is 26.3 Å². The van der Waals surface area contributed by atoms with Crippen LogP contribution in [-0.2, 0) is 22.2 Å². The predicted molar refractivity (Wildman–Crippen MR) is 107 cm³/mol. The van der Waals surface area contributed by atoms with Gasteiger partial charge in [0.15, 0.2) is 9.84 Å². The molecule has 1 heterocycles. The van der Waals surface area contributed by atoms with Crippen molar-refractivity contribution < 1.29 is 44.7 Å². The second-order valence-corrected chi connectivity index (χ2v) is 10.3. The molecule has 0 unspecified atom stereocenters. The summed E-state index contributed by atoms with van der Waals surface area (Å²) in [6.07, 6.45) is -9.02. The van der Waals surface area contributed by atoms with Crippen molar-refractivity contribution in [2.45, 2.75) is 53.8 Å². The fraction of sp³-hybridized carbons (Fsp3) is 0.429. The van der Waals surface area contributed by atoms with E-state index in [0.717, 1.165) is 24.3 Å². The molecule has 6 nitrogen and oxygen atoms in total. The lowest BCUT2D eigenvalue weighted by Crippen LogP contribution is -2.47. The molecule has 1 aliphatic rings. The molecule has 0 atom stereocenters. The second kappa shape index (κ2) is 9.17. The number of carbonyl (C=O) groups is 1. The van der Waals surface area contributed by atoms with Gasteiger partial charge < -0.3 is 10.4 Å². The molecular formula is C21H20F6N2O4S. The third-order valence-corrected chi connectivity index (χ3v) is 7.95.